The van der Waals surface area contributed by atoms with Crippen molar-refractivity contribution in [2.75, 3.05) is 7.05 Å². The number of nitrogens with zero attached hydrogens (tertiary/aromatic N) is 2. The number of hydrogen-bond acceptors (Lipinski definition) is 2. The van der Waals surface area contributed by atoms with Gasteiger partial charge in [-0.3, -0.25) is 0 Å². The van der Waals surface area contributed by atoms with Gasteiger partial charge in [-0.2, -0.15) is 5.10 Å². The van der Waals surface area contributed by atoms with Gasteiger partial charge in [0.15, 0.2) is 5.82 Å². The summed E-state index contributed by atoms with van der Waals surface area (Å²) < 4.78 is 31.5. The fourth-order valence-corrected chi connectivity index (χ4v) is 1.91. The average Bonchev–Trinajstić information content (AvgIpc) is 2.75. The molecule has 0 saturated carbocycles. The molecule has 1 N–H and O–H groups in total. The molecule has 0 aliphatic carbocycles. The highest BCUT2D eigenvalue weighted by molar-refractivity contribution is 9.10. The molecule has 1 aromatic heterocycles. The molecule has 0 spiro atoms. The Labute approximate surface area is 111 Å². The first-order valence-corrected chi connectivity index (χ1v) is 5.86. The van der Waals surface area contributed by atoms with Gasteiger partial charge >= 0.3 is 0 Å². The zero-order valence-electron chi connectivity index (χ0n) is 11.5. The highest BCUT2D eigenvalue weighted by Gasteiger charge is 2.12. The van der Waals surface area contributed by atoms with Crippen LogP contribution in [0, 0.1) is 12.7 Å². The van der Waals surface area contributed by atoms with Crippen molar-refractivity contribution in [3.63, 3.8) is 0 Å². The van der Waals surface area contributed by atoms with E-state index in [0.29, 0.717) is 10.2 Å². The highest BCUT2D eigenvalue weighted by Crippen LogP contribution is 2.22. The maximum Gasteiger partial charge on any atom is 0.163 e. The molecule has 1 heterocycles. The molecule has 3 nitrogen and oxygen atoms in total. The van der Waals surface area contributed by atoms with E-state index in [9.17, 15) is 4.39 Å². The van der Waals surface area contributed by atoms with Gasteiger partial charge in [0.05, 0.1) is 15.9 Å². The lowest BCUT2D eigenvalue weighted by molar-refractivity contribution is 0.597. The van der Waals surface area contributed by atoms with Gasteiger partial charge in [-0.05, 0) is 48.1 Å². The first kappa shape index (κ1) is 9.79. The zero-order chi connectivity index (χ0) is 14.2. The summed E-state index contributed by atoms with van der Waals surface area (Å²) in [6, 6.07) is 6.42. The quantitative estimate of drug-likeness (QED) is 0.944. The van der Waals surface area contributed by atoms with Crippen molar-refractivity contribution in [3.05, 3.63) is 45.9 Å². The van der Waals surface area contributed by atoms with Crippen LogP contribution < -0.4 is 5.32 Å². The lowest BCUT2D eigenvalue weighted by atomic mass is 10.3. The predicted octanol–water partition coefficient (Wildman–Crippen LogP) is 2.80. The van der Waals surface area contributed by atoms with E-state index in [1.807, 2.05) is 0 Å². The Balaban J connectivity index is 2.66. The van der Waals surface area contributed by atoms with E-state index in [0.717, 1.165) is 0 Å². The van der Waals surface area contributed by atoms with Gasteiger partial charge in [0.25, 0.3) is 0 Å². The van der Waals surface area contributed by atoms with Gasteiger partial charge in [-0.25, -0.2) is 9.07 Å². The van der Waals surface area contributed by atoms with Crippen molar-refractivity contribution < 1.29 is 7.13 Å². The summed E-state index contributed by atoms with van der Waals surface area (Å²) in [6.07, 6.45) is 0. The van der Waals surface area contributed by atoms with Crippen molar-refractivity contribution >= 4 is 15.9 Å². The summed E-state index contributed by atoms with van der Waals surface area (Å²) >= 11 is 3.12. The van der Waals surface area contributed by atoms with Gasteiger partial charge in [0.2, 0.25) is 0 Å². The van der Waals surface area contributed by atoms with Gasteiger partial charge in [0.1, 0.15) is 5.69 Å². The minimum Gasteiger partial charge on any atom is -0.314 e. The van der Waals surface area contributed by atoms with Crippen LogP contribution >= 0.6 is 15.9 Å². The second kappa shape index (κ2) is 4.98. The zero-order valence-corrected chi connectivity index (χ0v) is 11.0. The maximum atomic E-state index is 14.1. The van der Waals surface area contributed by atoms with E-state index in [2.05, 4.69) is 26.3 Å². The Morgan fingerprint density at radius 2 is 2.35 bits per heavy atom. The first-order chi connectivity index (χ1) is 8.86. The molecule has 0 aliphatic rings. The lowest BCUT2D eigenvalue weighted by Crippen LogP contribution is -2.12. The van der Waals surface area contributed by atoms with Crippen LogP contribution in [0.5, 0.6) is 0 Å². The maximum absolute atomic E-state index is 14.1. The van der Waals surface area contributed by atoms with Gasteiger partial charge in [0, 0.05) is 9.24 Å². The van der Waals surface area contributed by atoms with Crippen LogP contribution in [0.25, 0.3) is 5.69 Å². The molecular weight excluding hydrogens is 285 g/mol. The summed E-state index contributed by atoms with van der Waals surface area (Å²) in [6.45, 7) is -0.0579. The normalized spacial score (nSPS) is 13.4. The third-order valence-corrected chi connectivity index (χ3v) is 2.86. The van der Waals surface area contributed by atoms with E-state index in [1.165, 1.54) is 11.7 Å². The van der Waals surface area contributed by atoms with Crippen molar-refractivity contribution in [2.45, 2.75) is 13.4 Å². The molecule has 0 saturated heterocycles. The van der Waals surface area contributed by atoms with E-state index in [4.69, 9.17) is 2.74 Å². The molecule has 2 aromatic rings. The fourth-order valence-electron chi connectivity index (χ4n) is 1.56. The van der Waals surface area contributed by atoms with E-state index < -0.39 is 12.3 Å². The second-order valence-corrected chi connectivity index (χ2v) is 4.39. The number of nitrogens with one attached hydrogen (secondary N) is 1. The minimum absolute atomic E-state index is 0.205. The fraction of sp³-hybridized carbons (Fsp3) is 0.250. The molecule has 5 heteroatoms. The number of rotatable bonds is 3. The van der Waals surface area contributed by atoms with Gasteiger partial charge in [-0.15, -0.1) is 0 Å². The molecule has 1 aromatic carbocycles. The van der Waals surface area contributed by atoms with Crippen LogP contribution in [0.4, 0.5) is 4.39 Å². The predicted molar refractivity (Wildman–Crippen MR) is 68.7 cm³/mol. The molecule has 0 amide bonds. The minimum atomic E-state index is -1.80. The lowest BCUT2D eigenvalue weighted by Gasteiger charge is -2.08. The number of hydrogen-bond donors (Lipinski definition) is 1. The molecule has 0 aliphatic heterocycles. The molecular formula is C12H13BrFN3. The summed E-state index contributed by atoms with van der Waals surface area (Å²) in [7, 11) is 1.50. The number of benzene rings is 1. The Morgan fingerprint density at radius 3 is 3.06 bits per heavy atom. The first-order valence-electron chi connectivity index (χ1n) is 6.07. The van der Waals surface area contributed by atoms with E-state index >= 15 is 0 Å². The Hall–Kier alpha value is -1.20. The Morgan fingerprint density at radius 1 is 1.59 bits per heavy atom. The largest absolute Gasteiger partial charge is 0.314 e. The molecule has 0 atom stereocenters. The van der Waals surface area contributed by atoms with Crippen LogP contribution in [-0.4, -0.2) is 16.8 Å². The van der Waals surface area contributed by atoms with Crippen molar-refractivity contribution in [1.82, 2.24) is 15.1 Å². The average molecular weight is 300 g/mol. The van der Waals surface area contributed by atoms with Crippen LogP contribution in [0.2, 0.25) is 0 Å². The molecule has 0 bridgehead atoms. The Kier molecular flexibility index (Phi) is 2.87. The summed E-state index contributed by atoms with van der Waals surface area (Å²) in [4.78, 5) is 0. The monoisotopic (exact) mass is 299 g/mol. The Bertz CT molecular complexity index is 613. The van der Waals surface area contributed by atoms with Crippen molar-refractivity contribution in [3.8, 4) is 5.69 Å². The van der Waals surface area contributed by atoms with Gasteiger partial charge < -0.3 is 5.32 Å². The number of aromatic nitrogens is 2. The van der Waals surface area contributed by atoms with E-state index in [1.54, 1.807) is 31.2 Å². The summed E-state index contributed by atoms with van der Waals surface area (Å²) in [5, 5.41) is 6.73. The summed E-state index contributed by atoms with van der Waals surface area (Å²) in [5.74, 6) is -0.473. The van der Waals surface area contributed by atoms with Gasteiger partial charge in [-0.1, -0.05) is 6.07 Å². The SMILES string of the molecule is [2H]C([2H])(NC)c1cc(C)nn1-c1cccc(Br)c1F. The third-order valence-electron chi connectivity index (χ3n) is 2.24. The second-order valence-electron chi connectivity index (χ2n) is 3.53. The standard InChI is InChI=1S/C12H13BrFN3/c1-8-6-9(7-15-2)17(16-8)11-5-3-4-10(13)12(11)14/h3-6,15H,7H2,1-2H3/i7D2. The smallest absolute Gasteiger partial charge is 0.163 e. The van der Waals surface area contributed by atoms with Crippen LogP contribution in [0.15, 0.2) is 28.7 Å². The van der Waals surface area contributed by atoms with Crippen molar-refractivity contribution in [1.29, 1.82) is 0 Å². The molecule has 17 heavy (non-hydrogen) atoms. The third kappa shape index (κ3) is 2.40. The van der Waals surface area contributed by atoms with Crippen LogP contribution in [0.1, 0.15) is 14.1 Å². The molecule has 90 valence electrons. The van der Waals surface area contributed by atoms with E-state index in [-0.39, 0.29) is 11.4 Å². The van der Waals surface area contributed by atoms with Crippen molar-refractivity contribution in [2.24, 2.45) is 0 Å². The van der Waals surface area contributed by atoms with Crippen LogP contribution in [0.3, 0.4) is 0 Å². The molecule has 2 rings (SSSR count). The van der Waals surface area contributed by atoms with Crippen LogP contribution in [-0.2, 0) is 6.50 Å². The number of aryl methyl sites for hydroxylation is 1. The molecule has 0 radical (unpaired) electrons. The number of halogens is 2. The topological polar surface area (TPSA) is 29.9 Å². The molecule has 0 fully saturated rings. The molecule has 0 unspecified atom stereocenters. The highest BCUT2D eigenvalue weighted by atomic mass is 79.9. The summed E-state index contributed by atoms with van der Waals surface area (Å²) in [5.41, 5.74) is 1.08.